The average molecular weight is 239 g/mol. The van der Waals surface area contributed by atoms with Crippen molar-refractivity contribution >= 4 is 17.5 Å². The fraction of sp³-hybridized carbons (Fsp3) is 0.417. The second kappa shape index (κ2) is 4.85. The summed E-state index contributed by atoms with van der Waals surface area (Å²) in [5.41, 5.74) is 6.21. The molecule has 16 heavy (non-hydrogen) atoms. The van der Waals surface area contributed by atoms with Crippen LogP contribution in [0.2, 0.25) is 5.02 Å². The lowest BCUT2D eigenvalue weighted by atomic mass is 10.1. The molecule has 3 N–H and O–H groups in total. The molecule has 1 aromatic carbocycles. The summed E-state index contributed by atoms with van der Waals surface area (Å²) in [6, 6.07) is 6.81. The summed E-state index contributed by atoms with van der Waals surface area (Å²) in [5, 5.41) is 3.81. The van der Waals surface area contributed by atoms with Crippen LogP contribution in [0.4, 0.5) is 0 Å². The van der Waals surface area contributed by atoms with Gasteiger partial charge >= 0.3 is 0 Å². The molecule has 1 amide bonds. The third kappa shape index (κ3) is 2.97. The molecule has 0 heterocycles. The minimum Gasteiger partial charge on any atom is -0.368 e. The van der Waals surface area contributed by atoms with Gasteiger partial charge in [0.15, 0.2) is 0 Å². The Labute approximate surface area is 100.0 Å². The lowest BCUT2D eigenvalue weighted by Gasteiger charge is -2.15. The number of benzene rings is 1. The van der Waals surface area contributed by atoms with Gasteiger partial charge in [0.05, 0.1) is 0 Å². The van der Waals surface area contributed by atoms with E-state index >= 15 is 0 Å². The van der Waals surface area contributed by atoms with E-state index in [0.717, 1.165) is 12.1 Å². The van der Waals surface area contributed by atoms with E-state index in [-0.39, 0.29) is 5.91 Å². The van der Waals surface area contributed by atoms with Crippen LogP contribution in [0.15, 0.2) is 24.3 Å². The Balaban J connectivity index is 2.07. The highest BCUT2D eigenvalue weighted by Crippen LogP contribution is 2.28. The highest BCUT2D eigenvalue weighted by Gasteiger charge is 2.24. The number of amides is 1. The Morgan fingerprint density at radius 2 is 2.31 bits per heavy atom. The Morgan fingerprint density at radius 3 is 2.88 bits per heavy atom. The van der Waals surface area contributed by atoms with E-state index in [4.69, 9.17) is 17.3 Å². The van der Waals surface area contributed by atoms with Gasteiger partial charge in [0.2, 0.25) is 5.91 Å². The van der Waals surface area contributed by atoms with Crippen LogP contribution >= 0.6 is 11.6 Å². The van der Waals surface area contributed by atoms with E-state index in [9.17, 15) is 4.79 Å². The number of carbonyl (C=O) groups is 1. The molecule has 0 saturated heterocycles. The third-order valence-electron chi connectivity index (χ3n) is 2.77. The lowest BCUT2D eigenvalue weighted by molar-refractivity contribution is -0.120. The Hall–Kier alpha value is -1.06. The average Bonchev–Trinajstić information content (AvgIpc) is 3.01. The predicted molar refractivity (Wildman–Crippen MR) is 64.1 cm³/mol. The van der Waals surface area contributed by atoms with Crippen LogP contribution < -0.4 is 11.1 Å². The fourth-order valence-electron chi connectivity index (χ4n) is 1.68. The Kier molecular flexibility index (Phi) is 3.46. The Bertz CT molecular complexity index is 390. The monoisotopic (exact) mass is 238 g/mol. The number of nitrogens with two attached hydrogens (primary N) is 1. The quantitative estimate of drug-likeness (QED) is 0.823. The van der Waals surface area contributed by atoms with Crippen LogP contribution in [-0.2, 0) is 4.79 Å². The summed E-state index contributed by atoms with van der Waals surface area (Å²) >= 11 is 5.89. The molecule has 1 aliphatic rings. The van der Waals surface area contributed by atoms with Crippen molar-refractivity contribution in [2.75, 3.05) is 6.54 Å². The van der Waals surface area contributed by atoms with E-state index in [0.29, 0.717) is 10.9 Å². The molecule has 1 unspecified atom stereocenters. The van der Waals surface area contributed by atoms with Gasteiger partial charge in [-0.1, -0.05) is 23.7 Å². The van der Waals surface area contributed by atoms with Crippen LogP contribution in [0.3, 0.4) is 0 Å². The van der Waals surface area contributed by atoms with Crippen molar-refractivity contribution in [2.45, 2.75) is 18.9 Å². The van der Waals surface area contributed by atoms with Crippen LogP contribution in [0.25, 0.3) is 0 Å². The topological polar surface area (TPSA) is 55.1 Å². The van der Waals surface area contributed by atoms with E-state index in [2.05, 4.69) is 5.32 Å². The molecule has 1 fully saturated rings. The fourth-order valence-corrected chi connectivity index (χ4v) is 1.87. The third-order valence-corrected chi connectivity index (χ3v) is 3.01. The summed E-state index contributed by atoms with van der Waals surface area (Å²) in [6.07, 6.45) is 2.49. The smallest absolute Gasteiger partial charge is 0.239 e. The minimum atomic E-state index is -0.431. The van der Waals surface area contributed by atoms with Crippen molar-refractivity contribution in [1.29, 1.82) is 0 Å². The molecule has 0 aromatic heterocycles. The van der Waals surface area contributed by atoms with Crippen LogP contribution in [-0.4, -0.2) is 12.5 Å². The van der Waals surface area contributed by atoms with Gasteiger partial charge in [0.25, 0.3) is 0 Å². The maximum Gasteiger partial charge on any atom is 0.239 e. The molecule has 0 radical (unpaired) electrons. The van der Waals surface area contributed by atoms with Gasteiger partial charge < -0.3 is 11.1 Å². The molecule has 1 aromatic rings. The molecule has 3 nitrogen and oxygen atoms in total. The van der Waals surface area contributed by atoms with Crippen LogP contribution in [0, 0.1) is 5.92 Å². The molecule has 0 spiro atoms. The second-order valence-electron chi connectivity index (χ2n) is 4.24. The highest BCUT2D eigenvalue weighted by molar-refractivity contribution is 6.30. The number of hydrogen-bond donors (Lipinski definition) is 2. The van der Waals surface area contributed by atoms with Crippen molar-refractivity contribution in [3.05, 3.63) is 34.9 Å². The van der Waals surface area contributed by atoms with Crippen LogP contribution in [0.1, 0.15) is 24.4 Å². The number of carbonyl (C=O) groups excluding carboxylic acids is 1. The zero-order valence-corrected chi connectivity index (χ0v) is 9.70. The van der Waals surface area contributed by atoms with E-state index in [1.165, 1.54) is 12.8 Å². The van der Waals surface area contributed by atoms with Gasteiger partial charge in [-0.05, 0) is 43.0 Å². The number of halogens is 1. The van der Waals surface area contributed by atoms with Gasteiger partial charge in [-0.3, -0.25) is 4.79 Å². The maximum atomic E-state index is 11.4. The van der Waals surface area contributed by atoms with Gasteiger partial charge in [0, 0.05) is 5.02 Å². The molecule has 0 aliphatic heterocycles. The zero-order chi connectivity index (χ0) is 11.5. The lowest BCUT2D eigenvalue weighted by Crippen LogP contribution is -2.34. The second-order valence-corrected chi connectivity index (χ2v) is 4.68. The number of hydrogen-bond acceptors (Lipinski definition) is 2. The molecule has 86 valence electrons. The normalized spacial score (nSPS) is 17.1. The first-order valence-corrected chi connectivity index (χ1v) is 5.83. The van der Waals surface area contributed by atoms with Gasteiger partial charge in [-0.25, -0.2) is 0 Å². The van der Waals surface area contributed by atoms with E-state index < -0.39 is 6.04 Å². The molecule has 1 atom stereocenters. The van der Waals surface area contributed by atoms with Crippen molar-refractivity contribution in [3.8, 4) is 0 Å². The molecule has 4 heteroatoms. The van der Waals surface area contributed by atoms with E-state index in [1.807, 2.05) is 12.1 Å². The summed E-state index contributed by atoms with van der Waals surface area (Å²) in [5.74, 6) is 0.351. The van der Waals surface area contributed by atoms with Crippen molar-refractivity contribution in [3.63, 3.8) is 0 Å². The SMILES string of the molecule is NC(=O)C(NCC1CC1)c1cccc(Cl)c1. The first-order chi connectivity index (χ1) is 7.66. The first-order valence-electron chi connectivity index (χ1n) is 5.45. The minimum absolute atomic E-state index is 0.358. The van der Waals surface area contributed by atoms with Gasteiger partial charge in [0.1, 0.15) is 6.04 Å². The molecule has 0 bridgehead atoms. The predicted octanol–water partition coefficient (Wildman–Crippen LogP) is 1.87. The molecule has 1 saturated carbocycles. The molecular formula is C12H15ClN2O. The van der Waals surface area contributed by atoms with Crippen LogP contribution in [0.5, 0.6) is 0 Å². The first kappa shape index (κ1) is 11.4. The molecule has 2 rings (SSSR count). The van der Waals surface area contributed by atoms with Crippen molar-refractivity contribution < 1.29 is 4.79 Å². The largest absolute Gasteiger partial charge is 0.368 e. The number of nitrogens with one attached hydrogen (secondary N) is 1. The Morgan fingerprint density at radius 1 is 1.56 bits per heavy atom. The zero-order valence-electron chi connectivity index (χ0n) is 8.95. The highest BCUT2D eigenvalue weighted by atomic mass is 35.5. The maximum absolute atomic E-state index is 11.4. The molecular weight excluding hydrogens is 224 g/mol. The van der Waals surface area contributed by atoms with Crippen molar-refractivity contribution in [2.24, 2.45) is 11.7 Å². The number of primary amides is 1. The van der Waals surface area contributed by atoms with Gasteiger partial charge in [-0.2, -0.15) is 0 Å². The summed E-state index contributed by atoms with van der Waals surface area (Å²) in [7, 11) is 0. The molecule has 1 aliphatic carbocycles. The van der Waals surface area contributed by atoms with Gasteiger partial charge in [-0.15, -0.1) is 0 Å². The van der Waals surface area contributed by atoms with Crippen molar-refractivity contribution in [1.82, 2.24) is 5.32 Å². The number of rotatable bonds is 5. The summed E-state index contributed by atoms with van der Waals surface area (Å²) < 4.78 is 0. The van der Waals surface area contributed by atoms with E-state index in [1.54, 1.807) is 12.1 Å². The summed E-state index contributed by atoms with van der Waals surface area (Å²) in [4.78, 5) is 11.4. The standard InChI is InChI=1S/C12H15ClN2O/c13-10-3-1-2-9(6-10)11(12(14)16)15-7-8-4-5-8/h1-3,6,8,11,15H,4-5,7H2,(H2,14,16). The summed E-state index contributed by atoms with van der Waals surface area (Å²) in [6.45, 7) is 0.847.